The molecule has 2 atom stereocenters. The normalized spacial score (nSPS) is 22.2. The van der Waals surface area contributed by atoms with Gasteiger partial charge >= 0.3 is 28.6 Å². The predicted molar refractivity (Wildman–Crippen MR) is 133 cm³/mol. The minimum absolute atomic E-state index is 0.0500. The van der Waals surface area contributed by atoms with Gasteiger partial charge in [-0.25, -0.2) is 13.6 Å². The molecule has 17 heteroatoms. The van der Waals surface area contributed by atoms with E-state index in [1.807, 2.05) is 0 Å². The van der Waals surface area contributed by atoms with Gasteiger partial charge in [-0.3, -0.25) is 9.45 Å². The molecular formula is C25H21F9N4O3S+2. The largest absolute Gasteiger partial charge is 0.426 e. The second-order valence-electron chi connectivity index (χ2n) is 9.99. The summed E-state index contributed by atoms with van der Waals surface area (Å²) in [5, 5.41) is -1.53. The van der Waals surface area contributed by atoms with Crippen LogP contribution in [-0.4, -0.2) is 42.7 Å². The van der Waals surface area contributed by atoms with Crippen LogP contribution >= 0.6 is 0 Å². The third-order valence-corrected chi connectivity index (χ3v) is 8.59. The van der Waals surface area contributed by atoms with Crippen LogP contribution in [0.4, 0.5) is 50.9 Å². The molecule has 226 valence electrons. The number of hydrogen-bond acceptors (Lipinski definition) is 3. The van der Waals surface area contributed by atoms with E-state index in [1.165, 1.54) is 35.7 Å². The van der Waals surface area contributed by atoms with Gasteiger partial charge in [-0.05, 0) is 30.3 Å². The maximum Gasteiger partial charge on any atom is 0.426 e. The van der Waals surface area contributed by atoms with Crippen molar-refractivity contribution >= 4 is 38.6 Å². The van der Waals surface area contributed by atoms with Crippen molar-refractivity contribution in [2.75, 3.05) is 18.5 Å². The lowest BCUT2D eigenvalue weighted by Crippen LogP contribution is -2.33. The maximum absolute atomic E-state index is 13.5. The van der Waals surface area contributed by atoms with Crippen LogP contribution in [0.15, 0.2) is 54.4 Å². The lowest BCUT2D eigenvalue weighted by Gasteiger charge is -2.16. The average molecular weight is 629 g/mol. The summed E-state index contributed by atoms with van der Waals surface area (Å²) in [6.07, 6.45) is -10.7. The van der Waals surface area contributed by atoms with Gasteiger partial charge in [0.05, 0.1) is 18.2 Å². The van der Waals surface area contributed by atoms with E-state index in [2.05, 4.69) is 0 Å². The number of alkyl halides is 9. The Morgan fingerprint density at radius 3 is 2.14 bits per heavy atom. The highest BCUT2D eigenvalue weighted by Gasteiger charge is 2.71. The van der Waals surface area contributed by atoms with Gasteiger partial charge in [0.1, 0.15) is 5.69 Å². The summed E-state index contributed by atoms with van der Waals surface area (Å²) >= 11 is 0. The number of aromatic nitrogens is 2. The van der Waals surface area contributed by atoms with E-state index in [0.29, 0.717) is 10.6 Å². The first-order chi connectivity index (χ1) is 19.2. The van der Waals surface area contributed by atoms with Crippen LogP contribution in [0.2, 0.25) is 0 Å². The third kappa shape index (κ3) is 4.92. The van der Waals surface area contributed by atoms with Gasteiger partial charge in [0, 0.05) is 31.3 Å². The number of rotatable bonds is 4. The third-order valence-electron chi connectivity index (χ3n) is 7.40. The molecule has 2 aliphatic heterocycles. The van der Waals surface area contributed by atoms with Crippen LogP contribution in [0, 0.1) is 0 Å². The van der Waals surface area contributed by atoms with E-state index >= 15 is 0 Å². The molecule has 1 aromatic heterocycles. The molecule has 0 saturated carbocycles. The molecule has 1 saturated heterocycles. The zero-order valence-electron chi connectivity index (χ0n) is 21.6. The van der Waals surface area contributed by atoms with Crippen molar-refractivity contribution in [2.45, 2.75) is 30.4 Å². The number of allylic oxidation sites excluding steroid dienone is 2. The quantitative estimate of drug-likeness (QED) is 0.134. The van der Waals surface area contributed by atoms with Crippen LogP contribution in [0.25, 0.3) is 17.1 Å². The molecule has 0 aliphatic carbocycles. The van der Waals surface area contributed by atoms with Crippen molar-refractivity contribution in [2.24, 2.45) is 7.05 Å². The SMILES string of the molecule is CN1/C(=C\C=C\c2n(CC(F)(F)F)c3cc(C(F)(F)F)ccc3[n+]2C)[N+]2(CC2S(=O)(=O)O)c2cc(C(F)(F)F)ccc21. The standard InChI is InChI=1S/C25H20F9N4O3S/c1-35-16-8-6-14(24(29,30)31)10-18(16)37(13-23(26,27)28)20(35)4-3-5-21-36(2)17-9-7-15(25(32,33)34)11-19(17)38(21)12-22(38)42(39,40)41/h3-11,22H,12-13H2,1-2H3/q+1/p+1. The molecule has 0 bridgehead atoms. The fourth-order valence-corrected chi connectivity index (χ4v) is 6.57. The molecule has 1 spiro atoms. The summed E-state index contributed by atoms with van der Waals surface area (Å²) in [7, 11) is -1.95. The van der Waals surface area contributed by atoms with Crippen LogP contribution in [0.5, 0.6) is 0 Å². The fraction of sp³-hybridized carbons (Fsp3) is 0.320. The molecule has 42 heavy (non-hydrogen) atoms. The molecule has 3 heterocycles. The van der Waals surface area contributed by atoms with Gasteiger partial charge < -0.3 is 0 Å². The summed E-state index contributed by atoms with van der Waals surface area (Å²) in [5.74, 6) is -0.0663. The summed E-state index contributed by atoms with van der Waals surface area (Å²) in [5.41, 5.74) is -2.32. The first-order valence-electron chi connectivity index (χ1n) is 12.0. The van der Waals surface area contributed by atoms with E-state index in [9.17, 15) is 52.5 Å². The molecule has 1 N–H and O–H groups in total. The highest BCUT2D eigenvalue weighted by Crippen LogP contribution is 2.57. The summed E-state index contributed by atoms with van der Waals surface area (Å²) in [6.45, 7) is -1.93. The van der Waals surface area contributed by atoms with Gasteiger partial charge in [-0.1, -0.05) is 0 Å². The molecule has 0 amide bonds. The monoisotopic (exact) mass is 628 g/mol. The molecule has 5 rings (SSSR count). The first-order valence-corrected chi connectivity index (χ1v) is 13.5. The van der Waals surface area contributed by atoms with Crippen molar-refractivity contribution < 1.29 is 57.1 Å². The molecule has 2 unspecified atom stereocenters. The summed E-state index contributed by atoms with van der Waals surface area (Å²) in [4.78, 5) is 1.39. The van der Waals surface area contributed by atoms with Crippen LogP contribution in [-0.2, 0) is 36.1 Å². The van der Waals surface area contributed by atoms with Crippen LogP contribution in [0.3, 0.4) is 0 Å². The number of benzene rings is 2. The topological polar surface area (TPSA) is 66.4 Å². The number of aryl methyl sites for hydroxylation is 1. The number of nitrogens with zero attached hydrogens (tertiary/aromatic N) is 4. The lowest BCUT2D eigenvalue weighted by atomic mass is 10.1. The number of imidazole rings is 1. The molecular weight excluding hydrogens is 607 g/mol. The maximum atomic E-state index is 13.5. The Kier molecular flexibility index (Phi) is 6.56. The zero-order valence-corrected chi connectivity index (χ0v) is 22.4. The smallest absolute Gasteiger partial charge is 0.295 e. The highest BCUT2D eigenvalue weighted by molar-refractivity contribution is 7.86. The second-order valence-corrected chi connectivity index (χ2v) is 11.6. The summed E-state index contributed by atoms with van der Waals surface area (Å²) in [6, 6.07) is 5.10. The minimum Gasteiger partial charge on any atom is -0.295 e. The lowest BCUT2D eigenvalue weighted by molar-refractivity contribution is -0.647. The second kappa shape index (κ2) is 9.21. The van der Waals surface area contributed by atoms with Crippen LogP contribution in [0.1, 0.15) is 17.0 Å². The molecule has 7 nitrogen and oxygen atoms in total. The van der Waals surface area contributed by atoms with Gasteiger partial charge in [-0.15, -0.1) is 0 Å². The number of fused-ring (bicyclic) bond motifs is 3. The predicted octanol–water partition coefficient (Wildman–Crippen LogP) is 5.61. The minimum atomic E-state index is -4.81. The average Bonchev–Trinajstić information content (AvgIpc) is 3.51. The number of halogens is 9. The fourth-order valence-electron chi connectivity index (χ4n) is 5.47. The van der Waals surface area contributed by atoms with Crippen molar-refractivity contribution in [3.8, 4) is 0 Å². The van der Waals surface area contributed by atoms with Gasteiger partial charge in [-0.2, -0.15) is 47.9 Å². The Morgan fingerprint density at radius 2 is 1.60 bits per heavy atom. The summed E-state index contributed by atoms with van der Waals surface area (Å²) < 4.78 is 156. The zero-order chi connectivity index (χ0) is 31.2. The number of quaternary nitrogens is 1. The van der Waals surface area contributed by atoms with E-state index < -0.39 is 56.2 Å². The number of anilines is 1. The first kappa shape index (κ1) is 29.9. The molecule has 0 radical (unpaired) electrons. The Balaban J connectivity index is 1.64. The van der Waals surface area contributed by atoms with E-state index in [4.69, 9.17) is 0 Å². The van der Waals surface area contributed by atoms with Gasteiger partial charge in [0.25, 0.3) is 11.2 Å². The Hall–Kier alpha value is -3.57. The van der Waals surface area contributed by atoms with Crippen molar-refractivity contribution in [3.63, 3.8) is 0 Å². The Labute approximate surface area is 232 Å². The number of hydrogen-bond donors (Lipinski definition) is 1. The molecule has 3 aromatic rings. The molecule has 2 aromatic carbocycles. The van der Waals surface area contributed by atoms with E-state index in [0.717, 1.165) is 36.4 Å². The van der Waals surface area contributed by atoms with Gasteiger partial charge in [0.15, 0.2) is 29.8 Å². The van der Waals surface area contributed by atoms with Crippen molar-refractivity contribution in [1.29, 1.82) is 0 Å². The van der Waals surface area contributed by atoms with Crippen molar-refractivity contribution in [3.05, 3.63) is 71.3 Å². The van der Waals surface area contributed by atoms with E-state index in [-0.39, 0.29) is 40.6 Å². The van der Waals surface area contributed by atoms with Crippen LogP contribution < -0.4 is 14.0 Å². The Morgan fingerprint density at radius 1 is 1.00 bits per heavy atom. The highest BCUT2D eigenvalue weighted by atomic mass is 32.2. The van der Waals surface area contributed by atoms with Crippen molar-refractivity contribution in [1.82, 2.24) is 9.05 Å². The van der Waals surface area contributed by atoms with Gasteiger partial charge in [0.2, 0.25) is 5.82 Å². The Bertz CT molecular complexity index is 1770. The molecule has 1 fully saturated rings. The van der Waals surface area contributed by atoms with E-state index in [1.54, 1.807) is 0 Å². The molecule has 2 aliphatic rings.